The third-order valence-corrected chi connectivity index (χ3v) is 4.25. The number of rotatable bonds is 5. The maximum Gasteiger partial charge on any atom is 0.421 e. The minimum Gasteiger partial charge on any atom is -0.303 e. The van der Waals surface area contributed by atoms with Gasteiger partial charge in [0.15, 0.2) is 0 Å². The number of azo groups is 2. The van der Waals surface area contributed by atoms with Crippen LogP contribution in [0.1, 0.15) is 6.42 Å². The number of hydrogen-bond acceptors (Lipinski definition) is 5. The molecule has 26 heavy (non-hydrogen) atoms. The van der Waals surface area contributed by atoms with Gasteiger partial charge in [0.25, 0.3) is 0 Å². The standard InChI is InChI=1S/C19H24N7/c1-24(2)18-11-9-17(10-12-18)21-20-15-5-7-16(8-6-15)22-23-19-25(3)13-14-26(19)4/h5-11,13-14,18H,12H2,1-4H3/q+1. The van der Waals surface area contributed by atoms with Crippen molar-refractivity contribution >= 4 is 17.3 Å². The number of imidazole rings is 1. The molecule has 1 aliphatic carbocycles. The van der Waals surface area contributed by atoms with E-state index in [0.29, 0.717) is 6.04 Å². The highest BCUT2D eigenvalue weighted by Gasteiger charge is 2.11. The summed E-state index contributed by atoms with van der Waals surface area (Å²) in [7, 11) is 8.03. The number of aromatic nitrogens is 2. The first-order chi connectivity index (χ1) is 12.5. The van der Waals surface area contributed by atoms with Gasteiger partial charge in [0.05, 0.1) is 37.9 Å². The smallest absolute Gasteiger partial charge is 0.303 e. The molecular weight excluding hydrogens is 326 g/mol. The lowest BCUT2D eigenvalue weighted by Crippen LogP contribution is -2.26. The van der Waals surface area contributed by atoms with E-state index in [1.54, 1.807) is 0 Å². The molecule has 0 radical (unpaired) electrons. The highest BCUT2D eigenvalue weighted by Crippen LogP contribution is 2.22. The van der Waals surface area contributed by atoms with Crippen molar-refractivity contribution in [2.24, 2.45) is 34.6 Å². The van der Waals surface area contributed by atoms with Crippen LogP contribution in [0, 0.1) is 0 Å². The van der Waals surface area contributed by atoms with Crippen LogP contribution >= 0.6 is 0 Å². The van der Waals surface area contributed by atoms with Crippen LogP contribution in [-0.4, -0.2) is 29.6 Å². The first-order valence-electron chi connectivity index (χ1n) is 8.52. The fourth-order valence-corrected chi connectivity index (χ4v) is 2.58. The van der Waals surface area contributed by atoms with Gasteiger partial charge in [-0.3, -0.25) is 0 Å². The molecule has 7 heteroatoms. The molecule has 0 spiro atoms. The molecule has 7 nitrogen and oxygen atoms in total. The van der Waals surface area contributed by atoms with Crippen LogP contribution in [0.3, 0.4) is 0 Å². The monoisotopic (exact) mass is 350 g/mol. The van der Waals surface area contributed by atoms with Crippen LogP contribution in [0.25, 0.3) is 0 Å². The van der Waals surface area contributed by atoms with Gasteiger partial charge in [-0.25, -0.2) is 9.13 Å². The molecule has 0 aliphatic heterocycles. The summed E-state index contributed by atoms with van der Waals surface area (Å²) in [5, 5.41) is 17.1. The normalized spacial score (nSPS) is 17.6. The van der Waals surface area contributed by atoms with E-state index < -0.39 is 0 Å². The third kappa shape index (κ3) is 4.37. The summed E-state index contributed by atoms with van der Waals surface area (Å²) >= 11 is 0. The van der Waals surface area contributed by atoms with Gasteiger partial charge in [0.2, 0.25) is 0 Å². The summed E-state index contributed by atoms with van der Waals surface area (Å²) in [5.74, 6) is 0.779. The number of allylic oxidation sites excluding steroid dienone is 1. The van der Waals surface area contributed by atoms with E-state index in [1.165, 1.54) is 0 Å². The third-order valence-electron chi connectivity index (χ3n) is 4.25. The fraction of sp³-hybridized carbons (Fsp3) is 0.316. The average molecular weight is 350 g/mol. The van der Waals surface area contributed by atoms with Gasteiger partial charge in [-0.1, -0.05) is 17.3 Å². The van der Waals surface area contributed by atoms with Gasteiger partial charge in [0, 0.05) is 11.2 Å². The van der Waals surface area contributed by atoms with E-state index in [2.05, 4.69) is 51.6 Å². The van der Waals surface area contributed by atoms with Crippen LogP contribution in [-0.2, 0) is 14.1 Å². The lowest BCUT2D eigenvalue weighted by molar-refractivity contribution is -0.657. The van der Waals surface area contributed by atoms with Crippen molar-refractivity contribution in [3.63, 3.8) is 0 Å². The van der Waals surface area contributed by atoms with E-state index in [9.17, 15) is 0 Å². The fourth-order valence-electron chi connectivity index (χ4n) is 2.58. The van der Waals surface area contributed by atoms with Crippen molar-refractivity contribution in [3.05, 3.63) is 60.6 Å². The van der Waals surface area contributed by atoms with Crippen LogP contribution in [0.4, 0.5) is 17.3 Å². The van der Waals surface area contributed by atoms with Crippen molar-refractivity contribution in [3.8, 4) is 0 Å². The maximum atomic E-state index is 4.31. The Morgan fingerprint density at radius 2 is 1.69 bits per heavy atom. The molecule has 1 unspecified atom stereocenters. The Morgan fingerprint density at radius 3 is 2.19 bits per heavy atom. The summed E-state index contributed by atoms with van der Waals surface area (Å²) in [6, 6.07) is 7.98. The van der Waals surface area contributed by atoms with Gasteiger partial charge in [0.1, 0.15) is 5.69 Å². The van der Waals surface area contributed by atoms with Gasteiger partial charge in [-0.2, -0.15) is 10.2 Å². The largest absolute Gasteiger partial charge is 0.421 e. The van der Waals surface area contributed by atoms with E-state index in [4.69, 9.17) is 0 Å². The van der Waals surface area contributed by atoms with Gasteiger partial charge in [-0.15, -0.1) is 0 Å². The van der Waals surface area contributed by atoms with E-state index in [-0.39, 0.29) is 0 Å². The molecule has 0 N–H and O–H groups in total. The summed E-state index contributed by atoms with van der Waals surface area (Å²) in [6.45, 7) is 0. The quantitative estimate of drug-likeness (QED) is 0.591. The molecule has 1 aromatic carbocycles. The highest BCUT2D eigenvalue weighted by molar-refractivity contribution is 5.47. The van der Waals surface area contributed by atoms with E-state index >= 15 is 0 Å². The second-order valence-corrected chi connectivity index (χ2v) is 6.49. The minimum atomic E-state index is 0.435. The van der Waals surface area contributed by atoms with Crippen LogP contribution < -0.4 is 4.57 Å². The average Bonchev–Trinajstić information content (AvgIpc) is 2.97. The van der Waals surface area contributed by atoms with Crippen molar-refractivity contribution in [2.75, 3.05) is 14.1 Å². The van der Waals surface area contributed by atoms with Crippen molar-refractivity contribution in [1.29, 1.82) is 0 Å². The number of nitrogens with zero attached hydrogens (tertiary/aromatic N) is 7. The van der Waals surface area contributed by atoms with E-state index in [0.717, 1.165) is 29.4 Å². The molecule has 1 heterocycles. The van der Waals surface area contributed by atoms with Crippen LogP contribution in [0.5, 0.6) is 0 Å². The summed E-state index contributed by atoms with van der Waals surface area (Å²) < 4.78 is 3.83. The zero-order chi connectivity index (χ0) is 18.5. The second-order valence-electron chi connectivity index (χ2n) is 6.49. The molecule has 2 aromatic rings. The molecule has 0 saturated carbocycles. The zero-order valence-corrected chi connectivity index (χ0v) is 15.6. The molecule has 1 atom stereocenters. The molecule has 134 valence electrons. The minimum absolute atomic E-state index is 0.435. The Balaban J connectivity index is 1.62. The lowest BCUT2D eigenvalue weighted by Gasteiger charge is -2.21. The lowest BCUT2D eigenvalue weighted by atomic mass is 10.1. The maximum absolute atomic E-state index is 4.31. The molecule has 0 saturated heterocycles. The Morgan fingerprint density at radius 1 is 1.04 bits per heavy atom. The highest BCUT2D eigenvalue weighted by atomic mass is 15.3. The SMILES string of the molecule is CN(C)C1C=CC(N=Nc2ccc(N=Nc3n(C)cc[n+]3C)cc2)=CC1. The second kappa shape index (κ2) is 7.97. The zero-order valence-electron chi connectivity index (χ0n) is 15.6. The predicted octanol–water partition coefficient (Wildman–Crippen LogP) is 4.12. The van der Waals surface area contributed by atoms with Gasteiger partial charge >= 0.3 is 5.95 Å². The Labute approximate surface area is 153 Å². The molecule has 3 rings (SSSR count). The molecular formula is C19H24N7+. The Hall–Kier alpha value is -2.93. The summed E-state index contributed by atoms with van der Waals surface area (Å²) in [6.07, 6.45) is 11.1. The van der Waals surface area contributed by atoms with Crippen molar-refractivity contribution < 1.29 is 4.57 Å². The number of hydrogen-bond donors (Lipinski definition) is 0. The summed E-state index contributed by atoms with van der Waals surface area (Å²) in [5.41, 5.74) is 2.45. The molecule has 1 aliphatic rings. The van der Waals surface area contributed by atoms with Gasteiger partial charge in [-0.05, 0) is 50.9 Å². The number of benzene rings is 1. The first-order valence-corrected chi connectivity index (χ1v) is 8.52. The topological polar surface area (TPSA) is 61.5 Å². The molecule has 0 fully saturated rings. The van der Waals surface area contributed by atoms with Crippen LogP contribution in [0.15, 0.2) is 81.0 Å². The molecule has 0 bridgehead atoms. The van der Waals surface area contributed by atoms with Crippen molar-refractivity contribution in [2.45, 2.75) is 12.5 Å². The van der Waals surface area contributed by atoms with Crippen molar-refractivity contribution in [1.82, 2.24) is 9.47 Å². The van der Waals surface area contributed by atoms with E-state index in [1.807, 2.05) is 66.0 Å². The Bertz CT molecular complexity index is 850. The van der Waals surface area contributed by atoms with Gasteiger partial charge < -0.3 is 4.90 Å². The molecule has 0 amide bonds. The summed E-state index contributed by atoms with van der Waals surface area (Å²) in [4.78, 5) is 2.18. The van der Waals surface area contributed by atoms with Crippen LogP contribution in [0.2, 0.25) is 0 Å². The molecule has 1 aromatic heterocycles. The number of likely N-dealkylation sites (N-methyl/N-ethyl adjacent to an activating group) is 1. The number of aryl methyl sites for hydroxylation is 2. The Kier molecular flexibility index (Phi) is 5.48. The predicted molar refractivity (Wildman–Crippen MR) is 101 cm³/mol. The first kappa shape index (κ1) is 17.9.